The van der Waals surface area contributed by atoms with Crippen LogP contribution in [0.25, 0.3) is 16.6 Å². The van der Waals surface area contributed by atoms with E-state index in [1.165, 1.54) is 40.7 Å². The fourth-order valence-electron chi connectivity index (χ4n) is 4.06. The Balaban J connectivity index is 1.71. The average molecular weight is 302 g/mol. The predicted molar refractivity (Wildman–Crippen MR) is 92.1 cm³/mol. The molecule has 2 aliphatic rings. The zero-order valence-electron chi connectivity index (χ0n) is 12.9. The second kappa shape index (κ2) is 4.98. The molecule has 114 valence electrons. The number of aromatic nitrogens is 1. The Morgan fingerprint density at radius 2 is 1.78 bits per heavy atom. The Labute approximate surface area is 135 Å². The van der Waals surface area contributed by atoms with Crippen molar-refractivity contribution in [3.8, 4) is 5.69 Å². The van der Waals surface area contributed by atoms with Crippen molar-refractivity contribution in [1.82, 2.24) is 4.57 Å². The van der Waals surface area contributed by atoms with Crippen LogP contribution in [-0.4, -0.2) is 16.9 Å². The van der Waals surface area contributed by atoms with Crippen LogP contribution in [0.15, 0.2) is 65.9 Å². The summed E-state index contributed by atoms with van der Waals surface area (Å²) in [7, 11) is 0. The molecular weight excluding hydrogens is 284 g/mol. The Kier molecular flexibility index (Phi) is 2.80. The number of benzene rings is 2. The molecule has 1 fully saturated rings. The smallest absolute Gasteiger partial charge is 0.125 e. The molecule has 1 aromatic heterocycles. The molecule has 2 heterocycles. The topological polar surface area (TPSA) is 26.5 Å². The summed E-state index contributed by atoms with van der Waals surface area (Å²) >= 11 is 0. The number of oxime groups is 1. The highest BCUT2D eigenvalue weighted by atomic mass is 16.6. The van der Waals surface area contributed by atoms with Gasteiger partial charge in [-0.2, -0.15) is 0 Å². The largest absolute Gasteiger partial charge is 0.395 e. The molecule has 5 rings (SSSR count). The van der Waals surface area contributed by atoms with Gasteiger partial charge < -0.3 is 9.40 Å². The second-order valence-corrected chi connectivity index (χ2v) is 6.45. The average Bonchev–Trinajstić information content (AvgIpc) is 3.29. The van der Waals surface area contributed by atoms with E-state index in [9.17, 15) is 0 Å². The number of nitrogens with zero attached hydrogens (tertiary/aromatic N) is 2. The quantitative estimate of drug-likeness (QED) is 0.684. The Hall–Kier alpha value is -2.55. The lowest BCUT2D eigenvalue weighted by Gasteiger charge is -2.08. The van der Waals surface area contributed by atoms with E-state index in [4.69, 9.17) is 4.84 Å². The van der Waals surface area contributed by atoms with Crippen molar-refractivity contribution in [3.63, 3.8) is 0 Å². The molecule has 0 saturated heterocycles. The summed E-state index contributed by atoms with van der Waals surface area (Å²) < 4.78 is 2.30. The Morgan fingerprint density at radius 3 is 2.70 bits per heavy atom. The molecule has 0 unspecified atom stereocenters. The molecule has 3 aromatic rings. The maximum atomic E-state index is 5.35. The Morgan fingerprint density at radius 1 is 0.957 bits per heavy atom. The number of hydrogen-bond acceptors (Lipinski definition) is 2. The summed E-state index contributed by atoms with van der Waals surface area (Å²) in [5.74, 6) is 0.927. The van der Waals surface area contributed by atoms with Gasteiger partial charge in [-0.25, -0.2) is 0 Å². The minimum Gasteiger partial charge on any atom is -0.395 e. The fourth-order valence-corrected chi connectivity index (χ4v) is 4.06. The van der Waals surface area contributed by atoms with Gasteiger partial charge in [-0.3, -0.25) is 0 Å². The molecule has 0 bridgehead atoms. The zero-order chi connectivity index (χ0) is 15.2. The van der Waals surface area contributed by atoms with Gasteiger partial charge in [0.15, 0.2) is 0 Å². The summed E-state index contributed by atoms with van der Waals surface area (Å²) in [6, 6.07) is 19.2. The van der Waals surface area contributed by atoms with E-state index in [-0.39, 0.29) is 0 Å². The summed E-state index contributed by atoms with van der Waals surface area (Å²) in [6.07, 6.45) is 4.66. The fraction of sp³-hybridized carbons (Fsp3) is 0.250. The van der Waals surface area contributed by atoms with Crippen LogP contribution in [0, 0.1) is 5.92 Å². The van der Waals surface area contributed by atoms with E-state index in [1.807, 2.05) is 0 Å². The number of para-hydroxylation sites is 2. The zero-order valence-corrected chi connectivity index (χ0v) is 12.9. The molecule has 0 amide bonds. The van der Waals surface area contributed by atoms with Crippen LogP contribution in [0.3, 0.4) is 0 Å². The second-order valence-electron chi connectivity index (χ2n) is 6.45. The van der Waals surface area contributed by atoms with Gasteiger partial charge in [-0.15, -0.1) is 0 Å². The molecule has 23 heavy (non-hydrogen) atoms. The van der Waals surface area contributed by atoms with Gasteiger partial charge in [0.2, 0.25) is 0 Å². The molecule has 1 aliphatic carbocycles. The molecular formula is C20H18N2O. The third kappa shape index (κ3) is 1.93. The van der Waals surface area contributed by atoms with Crippen molar-refractivity contribution in [2.45, 2.75) is 18.8 Å². The van der Waals surface area contributed by atoms with Crippen LogP contribution in [0.5, 0.6) is 0 Å². The van der Waals surface area contributed by atoms with E-state index < -0.39 is 0 Å². The third-order valence-electron chi connectivity index (χ3n) is 5.18. The first kappa shape index (κ1) is 12.9. The van der Waals surface area contributed by atoms with Gasteiger partial charge in [-0.1, -0.05) is 41.6 Å². The van der Waals surface area contributed by atoms with E-state index in [1.54, 1.807) is 0 Å². The van der Waals surface area contributed by atoms with Gasteiger partial charge in [-0.05, 0) is 36.6 Å². The van der Waals surface area contributed by atoms with Gasteiger partial charge in [0.25, 0.3) is 0 Å². The Bertz CT molecular complexity index is 894. The van der Waals surface area contributed by atoms with Crippen LogP contribution in [-0.2, 0) is 4.84 Å². The lowest BCUT2D eigenvalue weighted by molar-refractivity contribution is 0.151. The highest BCUT2D eigenvalue weighted by Gasteiger charge is 2.38. The number of rotatable bonds is 2. The molecule has 1 saturated carbocycles. The molecule has 2 atom stereocenters. The van der Waals surface area contributed by atoms with E-state index in [0.717, 1.165) is 6.61 Å². The van der Waals surface area contributed by atoms with Crippen molar-refractivity contribution in [2.75, 3.05) is 6.61 Å². The number of hydrogen-bond donors (Lipinski definition) is 0. The first-order valence-corrected chi connectivity index (χ1v) is 8.27. The molecule has 3 heteroatoms. The van der Waals surface area contributed by atoms with Crippen LogP contribution in [0.1, 0.15) is 24.3 Å². The highest BCUT2D eigenvalue weighted by molar-refractivity contribution is 5.99. The number of fused-ring (bicyclic) bond motifs is 2. The summed E-state index contributed by atoms with van der Waals surface area (Å²) in [5, 5.41) is 5.68. The van der Waals surface area contributed by atoms with Crippen LogP contribution in [0.2, 0.25) is 0 Å². The van der Waals surface area contributed by atoms with Crippen molar-refractivity contribution in [1.29, 1.82) is 0 Å². The van der Waals surface area contributed by atoms with Crippen LogP contribution < -0.4 is 0 Å². The predicted octanol–water partition coefficient (Wildman–Crippen LogP) is 4.51. The standard InChI is InChI=1S/C20H18N2O/c1-2-6-15(7-3-1)22-12-18(16-8-4-5-9-19(16)22)17-11-10-14-13-23-21-20(14)17/h1-9,12,14,17H,10-11,13H2/t14-,17+/m0/s1. The molecule has 0 N–H and O–H groups in total. The lowest BCUT2D eigenvalue weighted by atomic mass is 9.94. The van der Waals surface area contributed by atoms with Gasteiger partial charge in [0.05, 0.1) is 11.2 Å². The monoisotopic (exact) mass is 302 g/mol. The molecule has 0 radical (unpaired) electrons. The maximum absolute atomic E-state index is 5.35. The van der Waals surface area contributed by atoms with Gasteiger partial charge in [0.1, 0.15) is 6.61 Å². The lowest BCUT2D eigenvalue weighted by Crippen LogP contribution is -2.10. The minimum atomic E-state index is 0.400. The molecule has 3 nitrogen and oxygen atoms in total. The van der Waals surface area contributed by atoms with Crippen LogP contribution >= 0.6 is 0 Å². The van der Waals surface area contributed by atoms with Crippen molar-refractivity contribution in [3.05, 3.63) is 66.4 Å². The van der Waals surface area contributed by atoms with Gasteiger partial charge in [0, 0.05) is 29.1 Å². The SMILES string of the molecule is c1ccc(-n2cc([C@H]3CC[C@H]4CON=C43)c3ccccc32)cc1. The molecule has 1 aliphatic heterocycles. The summed E-state index contributed by atoms with van der Waals surface area (Å²) in [4.78, 5) is 5.35. The van der Waals surface area contributed by atoms with E-state index in [0.29, 0.717) is 11.8 Å². The molecule has 0 spiro atoms. The van der Waals surface area contributed by atoms with E-state index >= 15 is 0 Å². The van der Waals surface area contributed by atoms with Gasteiger partial charge >= 0.3 is 0 Å². The third-order valence-corrected chi connectivity index (χ3v) is 5.18. The van der Waals surface area contributed by atoms with Crippen LogP contribution in [0.4, 0.5) is 0 Å². The molecule has 2 aromatic carbocycles. The minimum absolute atomic E-state index is 0.400. The van der Waals surface area contributed by atoms with Crippen molar-refractivity contribution in [2.24, 2.45) is 11.1 Å². The van der Waals surface area contributed by atoms with Crippen molar-refractivity contribution >= 4 is 16.6 Å². The summed E-state index contributed by atoms with van der Waals surface area (Å²) in [5.41, 5.74) is 5.10. The summed E-state index contributed by atoms with van der Waals surface area (Å²) in [6.45, 7) is 0.767. The van der Waals surface area contributed by atoms with Crippen molar-refractivity contribution < 1.29 is 4.84 Å². The maximum Gasteiger partial charge on any atom is 0.125 e. The normalized spacial score (nSPS) is 22.9. The first-order valence-electron chi connectivity index (χ1n) is 8.27. The highest BCUT2D eigenvalue weighted by Crippen LogP contribution is 2.42. The first-order chi connectivity index (χ1) is 11.4. The van der Waals surface area contributed by atoms with E-state index in [2.05, 4.69) is 70.5 Å².